The number of likely N-dealkylation sites (tertiary alicyclic amines) is 1. The van der Waals surface area contributed by atoms with E-state index < -0.39 is 5.60 Å². The number of hydrogen-bond donors (Lipinski definition) is 0. The highest BCUT2D eigenvalue weighted by Crippen LogP contribution is 2.31. The van der Waals surface area contributed by atoms with Gasteiger partial charge in [-0.05, 0) is 33.6 Å². The van der Waals surface area contributed by atoms with Crippen LogP contribution in [-0.4, -0.2) is 33.3 Å². The van der Waals surface area contributed by atoms with Crippen LogP contribution in [0.15, 0.2) is 10.9 Å². The van der Waals surface area contributed by atoms with Gasteiger partial charge in [0.2, 0.25) is 5.89 Å². The van der Waals surface area contributed by atoms with Crippen molar-refractivity contribution in [1.82, 2.24) is 15.0 Å². The summed E-state index contributed by atoms with van der Waals surface area (Å²) in [6.07, 6.45) is 2.78. The van der Waals surface area contributed by atoms with Crippen LogP contribution in [0.1, 0.15) is 45.5 Å². The Kier molecular flexibility index (Phi) is 3.04. The fraction of sp³-hybridized carbons (Fsp3) is 0.727. The lowest BCUT2D eigenvalue weighted by molar-refractivity contribution is 0.0199. The molecule has 0 bridgehead atoms. The first-order valence-electron chi connectivity index (χ1n) is 5.73. The summed E-state index contributed by atoms with van der Waals surface area (Å²) in [5, 5.41) is 3.57. The second-order valence-corrected chi connectivity index (χ2v) is 5.11. The molecule has 1 aliphatic heterocycles. The van der Waals surface area contributed by atoms with Gasteiger partial charge in [-0.2, -0.15) is 4.98 Å². The Labute approximate surface area is 99.9 Å². The van der Waals surface area contributed by atoms with Crippen LogP contribution in [0.5, 0.6) is 0 Å². The van der Waals surface area contributed by atoms with Gasteiger partial charge < -0.3 is 9.26 Å². The highest BCUT2D eigenvalue weighted by Gasteiger charge is 2.35. The number of rotatable bonds is 1. The molecular weight excluding hydrogens is 222 g/mol. The number of ether oxygens (including phenoxy) is 1. The van der Waals surface area contributed by atoms with Gasteiger partial charge in [-0.15, -0.1) is 0 Å². The minimum atomic E-state index is -0.487. The summed E-state index contributed by atoms with van der Waals surface area (Å²) in [6.45, 7) is 6.22. The number of hydrogen-bond acceptors (Lipinski definition) is 5. The summed E-state index contributed by atoms with van der Waals surface area (Å²) in [4.78, 5) is 17.6. The highest BCUT2D eigenvalue weighted by molar-refractivity contribution is 5.69. The minimum Gasteiger partial charge on any atom is -0.444 e. The zero-order valence-electron chi connectivity index (χ0n) is 10.3. The van der Waals surface area contributed by atoms with Crippen LogP contribution in [-0.2, 0) is 4.74 Å². The maximum atomic E-state index is 12.0. The molecule has 1 atom stereocenters. The first kappa shape index (κ1) is 11.9. The second-order valence-electron chi connectivity index (χ2n) is 5.11. The van der Waals surface area contributed by atoms with Crippen LogP contribution in [0.25, 0.3) is 0 Å². The molecule has 0 N–H and O–H groups in total. The zero-order valence-corrected chi connectivity index (χ0v) is 10.3. The van der Waals surface area contributed by atoms with Crippen LogP contribution in [0.2, 0.25) is 0 Å². The quantitative estimate of drug-likeness (QED) is 0.751. The molecule has 0 saturated carbocycles. The molecule has 2 heterocycles. The van der Waals surface area contributed by atoms with E-state index in [4.69, 9.17) is 9.26 Å². The molecule has 0 spiro atoms. The van der Waals surface area contributed by atoms with Crippen LogP contribution in [0.3, 0.4) is 0 Å². The van der Waals surface area contributed by atoms with Crippen LogP contribution < -0.4 is 0 Å². The summed E-state index contributed by atoms with van der Waals surface area (Å²) in [6, 6.07) is -0.146. The molecule has 1 aromatic rings. The number of carbonyl (C=O) groups is 1. The van der Waals surface area contributed by atoms with E-state index in [1.165, 1.54) is 6.33 Å². The van der Waals surface area contributed by atoms with E-state index in [0.717, 1.165) is 12.8 Å². The lowest BCUT2D eigenvalue weighted by atomic mass is 10.2. The molecule has 1 saturated heterocycles. The molecule has 2 rings (SSSR count). The van der Waals surface area contributed by atoms with E-state index in [0.29, 0.717) is 12.4 Å². The average molecular weight is 239 g/mol. The molecule has 0 aromatic carbocycles. The molecule has 94 valence electrons. The lowest BCUT2D eigenvalue weighted by Crippen LogP contribution is -2.36. The summed E-state index contributed by atoms with van der Waals surface area (Å²) in [7, 11) is 0. The maximum Gasteiger partial charge on any atom is 0.410 e. The van der Waals surface area contributed by atoms with Gasteiger partial charge in [0.05, 0.1) is 0 Å². The van der Waals surface area contributed by atoms with Gasteiger partial charge in [-0.3, -0.25) is 4.90 Å². The van der Waals surface area contributed by atoms with Crippen LogP contribution >= 0.6 is 0 Å². The van der Waals surface area contributed by atoms with Gasteiger partial charge in [0, 0.05) is 6.54 Å². The van der Waals surface area contributed by atoms with Gasteiger partial charge in [-0.1, -0.05) is 5.16 Å². The van der Waals surface area contributed by atoms with Crippen molar-refractivity contribution >= 4 is 6.09 Å². The normalized spacial score (nSPS) is 20.6. The Morgan fingerprint density at radius 2 is 2.35 bits per heavy atom. The predicted octanol–water partition coefficient (Wildman–Crippen LogP) is 2.14. The molecule has 17 heavy (non-hydrogen) atoms. The molecule has 1 unspecified atom stereocenters. The molecule has 6 nitrogen and oxygen atoms in total. The van der Waals surface area contributed by atoms with Gasteiger partial charge >= 0.3 is 6.09 Å². The van der Waals surface area contributed by atoms with Gasteiger partial charge in [0.1, 0.15) is 11.6 Å². The SMILES string of the molecule is CC(C)(C)OC(=O)N1CCCC1c1ncno1. The van der Waals surface area contributed by atoms with E-state index in [1.54, 1.807) is 4.90 Å². The number of amides is 1. The molecule has 1 fully saturated rings. The number of carbonyl (C=O) groups excluding carboxylic acids is 1. The zero-order chi connectivity index (χ0) is 12.5. The third-order valence-electron chi connectivity index (χ3n) is 2.54. The first-order valence-corrected chi connectivity index (χ1v) is 5.73. The van der Waals surface area contributed by atoms with E-state index in [1.807, 2.05) is 20.8 Å². The van der Waals surface area contributed by atoms with Crippen molar-refractivity contribution in [2.75, 3.05) is 6.54 Å². The molecule has 0 radical (unpaired) electrons. The summed E-state index contributed by atoms with van der Waals surface area (Å²) in [5.74, 6) is 0.480. The average Bonchev–Trinajstić information content (AvgIpc) is 2.85. The second kappa shape index (κ2) is 4.35. The third-order valence-corrected chi connectivity index (χ3v) is 2.54. The Hall–Kier alpha value is -1.59. The van der Waals surface area contributed by atoms with Crippen molar-refractivity contribution in [3.8, 4) is 0 Å². The van der Waals surface area contributed by atoms with E-state index in [-0.39, 0.29) is 12.1 Å². The van der Waals surface area contributed by atoms with E-state index in [9.17, 15) is 4.79 Å². The molecular formula is C11H17N3O3. The van der Waals surface area contributed by atoms with Crippen molar-refractivity contribution in [2.24, 2.45) is 0 Å². The maximum absolute atomic E-state index is 12.0. The first-order chi connectivity index (χ1) is 7.97. The smallest absolute Gasteiger partial charge is 0.410 e. The van der Waals surface area contributed by atoms with Crippen molar-refractivity contribution in [3.05, 3.63) is 12.2 Å². The van der Waals surface area contributed by atoms with Crippen molar-refractivity contribution in [1.29, 1.82) is 0 Å². The summed E-state index contributed by atoms with van der Waals surface area (Å²) < 4.78 is 10.4. The van der Waals surface area contributed by atoms with E-state index >= 15 is 0 Å². The fourth-order valence-corrected chi connectivity index (χ4v) is 1.89. The Morgan fingerprint density at radius 1 is 1.59 bits per heavy atom. The van der Waals surface area contributed by atoms with Crippen molar-refractivity contribution < 1.29 is 14.1 Å². The fourth-order valence-electron chi connectivity index (χ4n) is 1.89. The standard InChI is InChI=1S/C11H17N3O3/c1-11(2,3)16-10(15)14-6-4-5-8(14)9-12-7-13-17-9/h7-8H,4-6H2,1-3H3. The largest absolute Gasteiger partial charge is 0.444 e. The molecule has 1 amide bonds. The molecule has 6 heteroatoms. The monoisotopic (exact) mass is 239 g/mol. The number of nitrogens with zero attached hydrogens (tertiary/aromatic N) is 3. The Balaban J connectivity index is 2.07. The summed E-state index contributed by atoms with van der Waals surface area (Å²) in [5.41, 5.74) is -0.487. The third kappa shape index (κ3) is 2.75. The van der Waals surface area contributed by atoms with Crippen molar-refractivity contribution in [3.63, 3.8) is 0 Å². The highest BCUT2D eigenvalue weighted by atomic mass is 16.6. The Bertz CT molecular complexity index is 383. The van der Waals surface area contributed by atoms with Crippen LogP contribution in [0.4, 0.5) is 4.79 Å². The Morgan fingerprint density at radius 3 is 2.94 bits per heavy atom. The van der Waals surface area contributed by atoms with Gasteiger partial charge in [-0.25, -0.2) is 4.79 Å². The van der Waals surface area contributed by atoms with E-state index in [2.05, 4.69) is 10.1 Å². The lowest BCUT2D eigenvalue weighted by Gasteiger charge is -2.26. The van der Waals surface area contributed by atoms with Gasteiger partial charge in [0.15, 0.2) is 6.33 Å². The molecule has 0 aliphatic carbocycles. The predicted molar refractivity (Wildman–Crippen MR) is 59.2 cm³/mol. The molecule has 1 aliphatic rings. The summed E-state index contributed by atoms with van der Waals surface area (Å²) >= 11 is 0. The number of aromatic nitrogens is 2. The topological polar surface area (TPSA) is 68.5 Å². The van der Waals surface area contributed by atoms with Gasteiger partial charge in [0.25, 0.3) is 0 Å². The van der Waals surface area contributed by atoms with Crippen molar-refractivity contribution in [2.45, 2.75) is 45.3 Å². The minimum absolute atomic E-state index is 0.146. The molecule has 1 aromatic heterocycles. The van der Waals surface area contributed by atoms with Crippen LogP contribution in [0, 0.1) is 0 Å².